The standard InChI is InChI=1S/C10H11N3O3S.HNO3/c1-7-6-10(12-16-7)13-17(14,15)9-4-2-8(11)3-5-9;2-1(3)4/h2-6H,11H2,1H3,(H,12,13);(H,2,3,4). The summed E-state index contributed by atoms with van der Waals surface area (Å²) in [4.78, 5) is 8.48. The minimum atomic E-state index is -3.64. The van der Waals surface area contributed by atoms with Crippen LogP contribution in [0.3, 0.4) is 0 Å². The maximum atomic E-state index is 11.9. The quantitative estimate of drug-likeness (QED) is 0.429. The SMILES string of the molecule is Cc1cc(NS(=O)(=O)c2ccc(N)cc2)no1.O=[N+]([O-])O. The highest BCUT2D eigenvalue weighted by molar-refractivity contribution is 7.92. The van der Waals surface area contributed by atoms with E-state index in [9.17, 15) is 8.42 Å². The van der Waals surface area contributed by atoms with E-state index in [0.29, 0.717) is 11.4 Å². The molecule has 1 aromatic heterocycles. The molecule has 1 heterocycles. The van der Waals surface area contributed by atoms with Gasteiger partial charge >= 0.3 is 0 Å². The van der Waals surface area contributed by atoms with Crippen LogP contribution in [0, 0.1) is 17.0 Å². The van der Waals surface area contributed by atoms with Crippen LogP contribution in [0.5, 0.6) is 0 Å². The molecular weight excluding hydrogens is 304 g/mol. The summed E-state index contributed by atoms with van der Waals surface area (Å²) in [5.41, 5.74) is 5.98. The number of nitrogens with two attached hydrogens (primary N) is 1. The number of hydrogen-bond donors (Lipinski definition) is 3. The maximum absolute atomic E-state index is 11.9. The van der Waals surface area contributed by atoms with Crippen molar-refractivity contribution in [3.8, 4) is 0 Å². The molecule has 0 unspecified atom stereocenters. The van der Waals surface area contributed by atoms with E-state index in [-0.39, 0.29) is 10.7 Å². The van der Waals surface area contributed by atoms with E-state index >= 15 is 0 Å². The Morgan fingerprint density at radius 1 is 1.38 bits per heavy atom. The second-order valence-electron chi connectivity index (χ2n) is 3.74. The molecule has 0 fully saturated rings. The highest BCUT2D eigenvalue weighted by Gasteiger charge is 2.15. The van der Waals surface area contributed by atoms with Crippen LogP contribution in [0.15, 0.2) is 39.8 Å². The van der Waals surface area contributed by atoms with Crippen molar-refractivity contribution in [2.24, 2.45) is 0 Å². The van der Waals surface area contributed by atoms with Crippen LogP contribution in [0.4, 0.5) is 11.5 Å². The Hall–Kier alpha value is -2.82. The topological polar surface area (TPSA) is 162 Å². The van der Waals surface area contributed by atoms with E-state index in [1.807, 2.05) is 0 Å². The average Bonchev–Trinajstić information content (AvgIpc) is 2.73. The van der Waals surface area contributed by atoms with Gasteiger partial charge in [-0.2, -0.15) is 0 Å². The number of rotatable bonds is 3. The molecule has 21 heavy (non-hydrogen) atoms. The summed E-state index contributed by atoms with van der Waals surface area (Å²) < 4.78 is 30.8. The fraction of sp³-hybridized carbons (Fsp3) is 0.100. The zero-order valence-corrected chi connectivity index (χ0v) is 11.6. The van der Waals surface area contributed by atoms with Crippen molar-refractivity contribution < 1.29 is 23.2 Å². The smallest absolute Gasteiger partial charge is 0.291 e. The first kappa shape index (κ1) is 16.2. The van der Waals surface area contributed by atoms with Gasteiger partial charge < -0.3 is 15.5 Å². The number of nitrogens with zero attached hydrogens (tertiary/aromatic N) is 2. The van der Waals surface area contributed by atoms with Crippen molar-refractivity contribution in [1.29, 1.82) is 0 Å². The lowest BCUT2D eigenvalue weighted by Gasteiger charge is -2.04. The van der Waals surface area contributed by atoms with E-state index in [1.165, 1.54) is 30.3 Å². The number of nitrogen functional groups attached to an aromatic ring is 1. The van der Waals surface area contributed by atoms with E-state index in [2.05, 4.69) is 9.88 Å². The van der Waals surface area contributed by atoms with Crippen molar-refractivity contribution in [3.63, 3.8) is 0 Å². The fourth-order valence-electron chi connectivity index (χ4n) is 1.26. The molecular formula is C10H12N4O6S. The van der Waals surface area contributed by atoms with Gasteiger partial charge in [-0.15, -0.1) is 10.1 Å². The highest BCUT2D eigenvalue weighted by atomic mass is 32.2. The molecule has 4 N–H and O–H groups in total. The molecule has 0 spiro atoms. The second-order valence-corrected chi connectivity index (χ2v) is 5.42. The number of aryl methyl sites for hydroxylation is 1. The molecule has 114 valence electrons. The van der Waals surface area contributed by atoms with Crippen LogP contribution in [0.2, 0.25) is 0 Å². The predicted octanol–water partition coefficient (Wildman–Crippen LogP) is 1.02. The molecule has 0 aliphatic rings. The molecule has 0 radical (unpaired) electrons. The lowest BCUT2D eigenvalue weighted by molar-refractivity contribution is -0.742. The van der Waals surface area contributed by atoms with Gasteiger partial charge in [0, 0.05) is 11.8 Å². The van der Waals surface area contributed by atoms with Crippen LogP contribution in [-0.4, -0.2) is 23.9 Å². The molecule has 1 aromatic carbocycles. The zero-order chi connectivity index (χ0) is 16.0. The van der Waals surface area contributed by atoms with E-state index in [1.54, 1.807) is 6.92 Å². The third-order valence-corrected chi connectivity index (χ3v) is 3.43. The highest BCUT2D eigenvalue weighted by Crippen LogP contribution is 2.16. The number of sulfonamides is 1. The molecule has 2 aromatic rings. The molecule has 2 rings (SSSR count). The van der Waals surface area contributed by atoms with E-state index in [4.69, 9.17) is 25.6 Å². The molecule has 0 atom stereocenters. The Morgan fingerprint density at radius 3 is 2.33 bits per heavy atom. The lowest BCUT2D eigenvalue weighted by Crippen LogP contribution is -2.13. The van der Waals surface area contributed by atoms with Crippen LogP contribution >= 0.6 is 0 Å². The van der Waals surface area contributed by atoms with Crippen molar-refractivity contribution in [2.45, 2.75) is 11.8 Å². The number of anilines is 2. The average molecular weight is 316 g/mol. The minimum Gasteiger partial charge on any atom is -0.399 e. The molecule has 0 bridgehead atoms. The first-order valence-electron chi connectivity index (χ1n) is 5.35. The summed E-state index contributed by atoms with van der Waals surface area (Å²) >= 11 is 0. The number of aromatic nitrogens is 1. The van der Waals surface area contributed by atoms with Crippen LogP contribution in [0.1, 0.15) is 5.76 Å². The third-order valence-electron chi connectivity index (χ3n) is 2.06. The van der Waals surface area contributed by atoms with Crippen molar-refractivity contribution in [3.05, 3.63) is 46.2 Å². The van der Waals surface area contributed by atoms with Gasteiger partial charge in [-0.1, -0.05) is 5.16 Å². The summed E-state index contributed by atoms with van der Waals surface area (Å²) in [6, 6.07) is 7.37. The van der Waals surface area contributed by atoms with E-state index < -0.39 is 15.1 Å². The molecule has 0 aliphatic heterocycles. The van der Waals surface area contributed by atoms with Gasteiger partial charge in [0.1, 0.15) is 5.76 Å². The van der Waals surface area contributed by atoms with Gasteiger partial charge in [0.05, 0.1) is 4.90 Å². The summed E-state index contributed by atoms with van der Waals surface area (Å²) in [5.74, 6) is 0.680. The van der Waals surface area contributed by atoms with Crippen molar-refractivity contribution in [1.82, 2.24) is 5.16 Å². The number of nitrogens with one attached hydrogen (secondary N) is 1. The summed E-state index contributed by atoms with van der Waals surface area (Å²) in [5, 5.41) is 17.2. The molecule has 11 heteroatoms. The van der Waals surface area contributed by atoms with Gasteiger partial charge in [-0.25, -0.2) is 8.42 Å². The molecule has 10 nitrogen and oxygen atoms in total. The first-order chi connectivity index (χ1) is 9.70. The van der Waals surface area contributed by atoms with Crippen LogP contribution in [0.25, 0.3) is 0 Å². The Kier molecular flexibility index (Phi) is 5.07. The van der Waals surface area contributed by atoms with Gasteiger partial charge in [0.25, 0.3) is 15.1 Å². The Balaban J connectivity index is 0.000000491. The monoisotopic (exact) mass is 316 g/mol. The summed E-state index contributed by atoms with van der Waals surface area (Å²) in [6.07, 6.45) is 0. The zero-order valence-electron chi connectivity index (χ0n) is 10.8. The first-order valence-corrected chi connectivity index (χ1v) is 6.84. The predicted molar refractivity (Wildman–Crippen MR) is 71.7 cm³/mol. The summed E-state index contributed by atoms with van der Waals surface area (Å²) in [6.45, 7) is 1.67. The Morgan fingerprint density at radius 2 is 1.90 bits per heavy atom. The number of hydrogen-bond acceptors (Lipinski definition) is 7. The van der Waals surface area contributed by atoms with E-state index in [0.717, 1.165) is 0 Å². The third kappa shape index (κ3) is 5.36. The summed E-state index contributed by atoms with van der Waals surface area (Å²) in [7, 11) is -3.64. The van der Waals surface area contributed by atoms with Gasteiger partial charge in [-0.3, -0.25) is 4.72 Å². The molecule has 0 aliphatic carbocycles. The van der Waals surface area contributed by atoms with Crippen molar-refractivity contribution >= 4 is 21.5 Å². The minimum absolute atomic E-state index is 0.118. The Bertz CT molecular complexity index is 705. The largest absolute Gasteiger partial charge is 0.399 e. The van der Waals surface area contributed by atoms with Crippen molar-refractivity contribution in [2.75, 3.05) is 10.5 Å². The molecule has 0 amide bonds. The number of benzene rings is 1. The van der Waals surface area contributed by atoms with Gasteiger partial charge in [-0.05, 0) is 31.2 Å². The normalized spacial score (nSPS) is 10.3. The lowest BCUT2D eigenvalue weighted by atomic mass is 10.3. The van der Waals surface area contributed by atoms with Crippen LogP contribution in [-0.2, 0) is 10.0 Å². The fourth-order valence-corrected chi connectivity index (χ4v) is 2.24. The Labute approximate surface area is 119 Å². The van der Waals surface area contributed by atoms with Gasteiger partial charge in [0.2, 0.25) is 0 Å². The molecule has 0 saturated carbocycles. The van der Waals surface area contributed by atoms with Crippen LogP contribution < -0.4 is 10.5 Å². The van der Waals surface area contributed by atoms with Gasteiger partial charge in [0.15, 0.2) is 5.82 Å². The maximum Gasteiger partial charge on any atom is 0.291 e. The molecule has 0 saturated heterocycles. The second kappa shape index (κ2) is 6.56.